The summed E-state index contributed by atoms with van der Waals surface area (Å²) in [5, 5.41) is 0.577. The predicted molar refractivity (Wildman–Crippen MR) is 61.6 cm³/mol. The lowest BCUT2D eigenvalue weighted by molar-refractivity contribution is 0.00698. The topological polar surface area (TPSA) is 26.3 Å². The minimum Gasteiger partial charge on any atom is -0.456 e. The highest BCUT2D eigenvalue weighted by atomic mass is 35.5. The molecule has 15 heavy (non-hydrogen) atoms. The van der Waals surface area contributed by atoms with Gasteiger partial charge in [-0.1, -0.05) is 29.3 Å². The first-order valence-electron chi connectivity index (χ1n) is 4.48. The molecule has 0 atom stereocenters. The largest absolute Gasteiger partial charge is 0.456 e. The molecule has 0 unspecified atom stereocenters. The molecule has 0 saturated carbocycles. The summed E-state index contributed by atoms with van der Waals surface area (Å²) in [4.78, 5) is 11.7. The standard InChI is InChI=1S/C11H12Cl2O2/c1-11(2,3)15-10(14)7-5-4-6-8(12)9(7)13/h4-6H,1-3H3. The van der Waals surface area contributed by atoms with Crippen molar-refractivity contribution in [2.45, 2.75) is 26.4 Å². The van der Waals surface area contributed by atoms with Crippen LogP contribution in [0, 0.1) is 0 Å². The molecule has 0 aliphatic rings. The van der Waals surface area contributed by atoms with Crippen LogP contribution in [-0.4, -0.2) is 11.6 Å². The molecule has 0 heterocycles. The maximum atomic E-state index is 11.7. The minimum absolute atomic E-state index is 0.230. The van der Waals surface area contributed by atoms with Crippen LogP contribution in [0.15, 0.2) is 18.2 Å². The normalized spacial score (nSPS) is 11.3. The zero-order valence-electron chi connectivity index (χ0n) is 8.80. The van der Waals surface area contributed by atoms with E-state index in [9.17, 15) is 4.79 Å². The van der Waals surface area contributed by atoms with Crippen LogP contribution in [0.4, 0.5) is 0 Å². The SMILES string of the molecule is CC(C)(C)OC(=O)c1cccc(Cl)c1Cl. The third kappa shape index (κ3) is 3.40. The van der Waals surface area contributed by atoms with E-state index in [1.165, 1.54) is 0 Å². The van der Waals surface area contributed by atoms with Gasteiger partial charge in [0.15, 0.2) is 0 Å². The van der Waals surface area contributed by atoms with E-state index >= 15 is 0 Å². The second-order valence-corrected chi connectivity index (χ2v) is 4.89. The molecule has 82 valence electrons. The Morgan fingerprint density at radius 3 is 2.40 bits per heavy atom. The van der Waals surface area contributed by atoms with Crippen LogP contribution >= 0.6 is 23.2 Å². The van der Waals surface area contributed by atoms with Crippen molar-refractivity contribution in [2.75, 3.05) is 0 Å². The van der Waals surface area contributed by atoms with E-state index in [1.807, 2.05) is 0 Å². The highest BCUT2D eigenvalue weighted by Crippen LogP contribution is 2.27. The van der Waals surface area contributed by atoms with Crippen LogP contribution in [0.2, 0.25) is 10.0 Å². The van der Waals surface area contributed by atoms with Gasteiger partial charge in [0.2, 0.25) is 0 Å². The third-order valence-electron chi connectivity index (χ3n) is 1.57. The molecule has 0 aromatic heterocycles. The number of hydrogen-bond donors (Lipinski definition) is 0. The van der Waals surface area contributed by atoms with Crippen molar-refractivity contribution in [3.05, 3.63) is 33.8 Å². The monoisotopic (exact) mass is 246 g/mol. The van der Waals surface area contributed by atoms with Gasteiger partial charge in [-0.25, -0.2) is 4.79 Å². The van der Waals surface area contributed by atoms with E-state index in [0.29, 0.717) is 10.6 Å². The first kappa shape index (κ1) is 12.3. The Bertz CT molecular complexity index is 381. The second kappa shape index (κ2) is 4.42. The Morgan fingerprint density at radius 1 is 1.27 bits per heavy atom. The molecule has 1 aromatic carbocycles. The number of esters is 1. The van der Waals surface area contributed by atoms with Crippen molar-refractivity contribution in [3.63, 3.8) is 0 Å². The van der Waals surface area contributed by atoms with Crippen LogP contribution in [0.3, 0.4) is 0 Å². The summed E-state index contributed by atoms with van der Waals surface area (Å²) in [7, 11) is 0. The number of benzene rings is 1. The average Bonchev–Trinajstić information content (AvgIpc) is 2.06. The molecule has 0 spiro atoms. The van der Waals surface area contributed by atoms with Gasteiger partial charge in [0.25, 0.3) is 0 Å². The summed E-state index contributed by atoms with van der Waals surface area (Å²) in [5.41, 5.74) is -0.248. The van der Waals surface area contributed by atoms with E-state index in [0.717, 1.165) is 0 Å². The van der Waals surface area contributed by atoms with E-state index < -0.39 is 11.6 Å². The molecule has 1 aromatic rings. The fraction of sp³-hybridized carbons (Fsp3) is 0.364. The zero-order chi connectivity index (χ0) is 11.6. The van der Waals surface area contributed by atoms with Crippen LogP contribution in [0.5, 0.6) is 0 Å². The van der Waals surface area contributed by atoms with Gasteiger partial charge in [-0.15, -0.1) is 0 Å². The molecule has 0 fully saturated rings. The minimum atomic E-state index is -0.539. The molecular formula is C11H12Cl2O2. The highest BCUT2D eigenvalue weighted by molar-refractivity contribution is 6.43. The van der Waals surface area contributed by atoms with Gasteiger partial charge < -0.3 is 4.74 Å². The number of hydrogen-bond acceptors (Lipinski definition) is 2. The predicted octanol–water partition coefficient (Wildman–Crippen LogP) is 3.95. The van der Waals surface area contributed by atoms with Gasteiger partial charge >= 0.3 is 5.97 Å². The van der Waals surface area contributed by atoms with Crippen molar-refractivity contribution in [2.24, 2.45) is 0 Å². The summed E-state index contributed by atoms with van der Waals surface area (Å²) in [6.45, 7) is 5.38. The highest BCUT2D eigenvalue weighted by Gasteiger charge is 2.20. The zero-order valence-corrected chi connectivity index (χ0v) is 10.3. The lowest BCUT2D eigenvalue weighted by atomic mass is 10.1. The second-order valence-electron chi connectivity index (χ2n) is 4.10. The Kier molecular flexibility index (Phi) is 3.63. The summed E-state index contributed by atoms with van der Waals surface area (Å²) < 4.78 is 5.18. The summed E-state index contributed by atoms with van der Waals surface area (Å²) in [6, 6.07) is 4.87. The average molecular weight is 247 g/mol. The Labute approximate surface area is 99.1 Å². The Morgan fingerprint density at radius 2 is 1.87 bits per heavy atom. The van der Waals surface area contributed by atoms with Gasteiger partial charge in [-0.05, 0) is 32.9 Å². The van der Waals surface area contributed by atoms with Gasteiger partial charge in [0.05, 0.1) is 15.6 Å². The Hall–Kier alpha value is -0.730. The first-order chi connectivity index (χ1) is 6.81. The van der Waals surface area contributed by atoms with Gasteiger partial charge in [-0.3, -0.25) is 0 Å². The van der Waals surface area contributed by atoms with E-state index in [4.69, 9.17) is 27.9 Å². The van der Waals surface area contributed by atoms with Crippen LogP contribution < -0.4 is 0 Å². The summed E-state index contributed by atoms with van der Waals surface area (Å²) in [5.74, 6) is -0.463. The van der Waals surface area contributed by atoms with Crippen molar-refractivity contribution in [1.29, 1.82) is 0 Å². The third-order valence-corrected chi connectivity index (χ3v) is 2.39. The number of ether oxygens (including phenoxy) is 1. The summed E-state index contributed by atoms with van der Waals surface area (Å²) >= 11 is 11.7. The lowest BCUT2D eigenvalue weighted by Gasteiger charge is -2.19. The molecule has 0 N–H and O–H groups in total. The first-order valence-corrected chi connectivity index (χ1v) is 5.24. The van der Waals surface area contributed by atoms with Crippen LogP contribution in [0.1, 0.15) is 31.1 Å². The number of carbonyl (C=O) groups is 1. The lowest BCUT2D eigenvalue weighted by Crippen LogP contribution is -2.24. The molecule has 0 aliphatic carbocycles. The van der Waals surface area contributed by atoms with Crippen molar-refractivity contribution < 1.29 is 9.53 Å². The fourth-order valence-electron chi connectivity index (χ4n) is 0.995. The molecule has 0 bridgehead atoms. The molecule has 0 saturated heterocycles. The molecule has 0 radical (unpaired) electrons. The molecular weight excluding hydrogens is 235 g/mol. The number of carbonyl (C=O) groups excluding carboxylic acids is 1. The summed E-state index contributed by atoms with van der Waals surface area (Å²) in [6.07, 6.45) is 0. The van der Waals surface area contributed by atoms with Gasteiger partial charge in [0, 0.05) is 0 Å². The number of halogens is 2. The van der Waals surface area contributed by atoms with E-state index in [2.05, 4.69) is 0 Å². The van der Waals surface area contributed by atoms with Gasteiger partial charge in [0.1, 0.15) is 5.60 Å². The van der Waals surface area contributed by atoms with Crippen molar-refractivity contribution in [3.8, 4) is 0 Å². The Balaban J connectivity index is 2.97. The molecule has 4 heteroatoms. The van der Waals surface area contributed by atoms with Crippen molar-refractivity contribution in [1.82, 2.24) is 0 Å². The molecule has 0 aliphatic heterocycles. The maximum Gasteiger partial charge on any atom is 0.340 e. The quantitative estimate of drug-likeness (QED) is 0.702. The van der Waals surface area contributed by atoms with Crippen molar-refractivity contribution >= 4 is 29.2 Å². The smallest absolute Gasteiger partial charge is 0.340 e. The van der Waals surface area contributed by atoms with Gasteiger partial charge in [-0.2, -0.15) is 0 Å². The van der Waals surface area contributed by atoms with Crippen LogP contribution in [-0.2, 0) is 4.74 Å². The molecule has 2 nitrogen and oxygen atoms in total. The van der Waals surface area contributed by atoms with E-state index in [1.54, 1.807) is 39.0 Å². The molecule has 1 rings (SSSR count). The maximum absolute atomic E-state index is 11.7. The number of rotatable bonds is 1. The van der Waals surface area contributed by atoms with Crippen LogP contribution in [0.25, 0.3) is 0 Å². The fourth-order valence-corrected chi connectivity index (χ4v) is 1.37. The molecule has 0 amide bonds. The van der Waals surface area contributed by atoms with E-state index in [-0.39, 0.29) is 5.02 Å².